The van der Waals surface area contributed by atoms with E-state index in [1.54, 1.807) is 6.07 Å². The van der Waals surface area contributed by atoms with Gasteiger partial charge in [0.1, 0.15) is 0 Å². The maximum Gasteiger partial charge on any atom is 0.337 e. The minimum absolute atomic E-state index is 0.0362. The summed E-state index contributed by atoms with van der Waals surface area (Å²) in [5.41, 5.74) is 2.24. The molecular weight excluding hydrogens is 342 g/mol. The lowest BCUT2D eigenvalue weighted by atomic mass is 10.1. The van der Waals surface area contributed by atoms with Crippen LogP contribution in [-0.4, -0.2) is 64.5 Å². The summed E-state index contributed by atoms with van der Waals surface area (Å²) in [6.45, 7) is 6.63. The molecule has 6 nitrogen and oxygen atoms in total. The topological polar surface area (TPSA) is 73.7 Å². The number of hydrogen-bond donors (Lipinski definition) is 1. The molecule has 142 valence electrons. The van der Waals surface area contributed by atoms with Crippen molar-refractivity contribution < 1.29 is 14.7 Å². The number of benzene rings is 1. The van der Waals surface area contributed by atoms with Crippen molar-refractivity contribution in [1.29, 1.82) is 0 Å². The fourth-order valence-electron chi connectivity index (χ4n) is 3.24. The number of pyridine rings is 1. The number of rotatable bonds is 6. The molecular formula is C21H25N3O3. The first kappa shape index (κ1) is 19.0. The average Bonchev–Trinajstić information content (AvgIpc) is 2.72. The number of hydrogen-bond acceptors (Lipinski definition) is 4. The van der Waals surface area contributed by atoms with E-state index in [0.29, 0.717) is 11.3 Å². The maximum atomic E-state index is 12.9. The Hall–Kier alpha value is -2.73. The molecule has 3 rings (SSSR count). The summed E-state index contributed by atoms with van der Waals surface area (Å²) in [7, 11) is 0. The molecule has 1 N–H and O–H groups in total. The van der Waals surface area contributed by atoms with Gasteiger partial charge in [-0.1, -0.05) is 25.5 Å². The van der Waals surface area contributed by atoms with Crippen LogP contribution in [0.2, 0.25) is 0 Å². The standard InChI is InChI=1S/C21H25N3O3/c1-2-3-9-23-10-12-24(13-11-23)20(25)17-6-4-5-16(14-17)19-8-7-18(15-22-19)21(26)27/h4-8,14-15H,2-3,9-13H2,1H3,(H,26,27). The van der Waals surface area contributed by atoms with E-state index in [-0.39, 0.29) is 11.5 Å². The molecule has 2 aromatic rings. The highest BCUT2D eigenvalue weighted by Crippen LogP contribution is 2.20. The van der Waals surface area contributed by atoms with Gasteiger partial charge in [-0.15, -0.1) is 0 Å². The molecule has 6 heteroatoms. The van der Waals surface area contributed by atoms with Crippen molar-refractivity contribution in [2.45, 2.75) is 19.8 Å². The highest BCUT2D eigenvalue weighted by Gasteiger charge is 2.22. The third kappa shape index (κ3) is 4.71. The predicted molar refractivity (Wildman–Crippen MR) is 104 cm³/mol. The van der Waals surface area contributed by atoms with Crippen molar-refractivity contribution in [3.63, 3.8) is 0 Å². The first-order chi connectivity index (χ1) is 13.1. The molecule has 27 heavy (non-hydrogen) atoms. The SMILES string of the molecule is CCCCN1CCN(C(=O)c2cccc(-c3ccc(C(=O)O)cn3)c2)CC1. The Morgan fingerprint density at radius 3 is 2.48 bits per heavy atom. The molecule has 1 aromatic heterocycles. The first-order valence-electron chi connectivity index (χ1n) is 9.40. The minimum Gasteiger partial charge on any atom is -0.478 e. The Bertz CT molecular complexity index is 797. The molecule has 0 unspecified atom stereocenters. The molecule has 0 bridgehead atoms. The molecule has 0 atom stereocenters. The number of carboxylic acids is 1. The quantitative estimate of drug-likeness (QED) is 0.850. The molecule has 1 fully saturated rings. The van der Waals surface area contributed by atoms with E-state index in [1.807, 2.05) is 29.2 Å². The second kappa shape index (κ2) is 8.77. The maximum absolute atomic E-state index is 12.9. The zero-order chi connectivity index (χ0) is 19.2. The van der Waals surface area contributed by atoms with Crippen molar-refractivity contribution in [3.05, 3.63) is 53.7 Å². The number of carbonyl (C=O) groups excluding carboxylic acids is 1. The molecule has 1 saturated heterocycles. The highest BCUT2D eigenvalue weighted by molar-refractivity contribution is 5.95. The Kier molecular flexibility index (Phi) is 6.19. The van der Waals surface area contributed by atoms with Crippen LogP contribution in [0.1, 0.15) is 40.5 Å². The van der Waals surface area contributed by atoms with Crippen LogP contribution < -0.4 is 0 Å². The van der Waals surface area contributed by atoms with Gasteiger partial charge in [-0.3, -0.25) is 14.7 Å². The second-order valence-corrected chi connectivity index (χ2v) is 6.81. The summed E-state index contributed by atoms with van der Waals surface area (Å²) in [5, 5.41) is 8.98. The van der Waals surface area contributed by atoms with Crippen molar-refractivity contribution >= 4 is 11.9 Å². The third-order valence-electron chi connectivity index (χ3n) is 4.90. The third-order valence-corrected chi connectivity index (χ3v) is 4.90. The van der Waals surface area contributed by atoms with Crippen molar-refractivity contribution in [2.75, 3.05) is 32.7 Å². The van der Waals surface area contributed by atoms with Crippen LogP contribution in [0.25, 0.3) is 11.3 Å². The van der Waals surface area contributed by atoms with Gasteiger partial charge >= 0.3 is 5.97 Å². The average molecular weight is 367 g/mol. The molecule has 1 amide bonds. The molecule has 1 aliphatic rings. The van der Waals surface area contributed by atoms with Crippen LogP contribution >= 0.6 is 0 Å². The van der Waals surface area contributed by atoms with Crippen molar-refractivity contribution in [2.24, 2.45) is 0 Å². The van der Waals surface area contributed by atoms with Gasteiger partial charge in [0.05, 0.1) is 11.3 Å². The zero-order valence-electron chi connectivity index (χ0n) is 15.6. The molecule has 1 aromatic carbocycles. The summed E-state index contributed by atoms with van der Waals surface area (Å²) in [4.78, 5) is 32.3. The number of aromatic carboxylic acids is 1. The van der Waals surface area contributed by atoms with E-state index in [1.165, 1.54) is 25.1 Å². The van der Waals surface area contributed by atoms with Crippen LogP contribution in [0.3, 0.4) is 0 Å². The predicted octanol–water partition coefficient (Wildman–Crippen LogP) is 3.00. The van der Waals surface area contributed by atoms with Crippen LogP contribution in [0.4, 0.5) is 0 Å². The number of carboxylic acid groups (broad SMARTS) is 1. The van der Waals surface area contributed by atoms with Gasteiger partial charge in [-0.05, 0) is 37.2 Å². The van der Waals surface area contributed by atoms with Crippen molar-refractivity contribution in [1.82, 2.24) is 14.8 Å². The summed E-state index contributed by atoms with van der Waals surface area (Å²) in [6, 6.07) is 10.6. The van der Waals surface area contributed by atoms with Gasteiger partial charge < -0.3 is 10.0 Å². The fraction of sp³-hybridized carbons (Fsp3) is 0.381. The molecule has 0 aliphatic carbocycles. The highest BCUT2D eigenvalue weighted by atomic mass is 16.4. The monoisotopic (exact) mass is 367 g/mol. The molecule has 0 spiro atoms. The normalized spacial score (nSPS) is 14.9. The molecule has 1 aliphatic heterocycles. The smallest absolute Gasteiger partial charge is 0.337 e. The van der Waals surface area contributed by atoms with Gasteiger partial charge in [0.2, 0.25) is 0 Å². The summed E-state index contributed by atoms with van der Waals surface area (Å²) in [5.74, 6) is -0.967. The fourth-order valence-corrected chi connectivity index (χ4v) is 3.24. The zero-order valence-corrected chi connectivity index (χ0v) is 15.6. The van der Waals surface area contributed by atoms with E-state index in [4.69, 9.17) is 5.11 Å². The van der Waals surface area contributed by atoms with E-state index in [9.17, 15) is 9.59 Å². The Morgan fingerprint density at radius 2 is 1.85 bits per heavy atom. The number of amides is 1. The van der Waals surface area contributed by atoms with Crippen LogP contribution in [0.15, 0.2) is 42.6 Å². The minimum atomic E-state index is -1.00. The van der Waals surface area contributed by atoms with E-state index in [2.05, 4.69) is 16.8 Å². The van der Waals surface area contributed by atoms with Crippen molar-refractivity contribution in [3.8, 4) is 11.3 Å². The summed E-state index contributed by atoms with van der Waals surface area (Å²) >= 11 is 0. The largest absolute Gasteiger partial charge is 0.478 e. The van der Waals surface area contributed by atoms with Crippen LogP contribution in [-0.2, 0) is 0 Å². The molecule has 0 saturated carbocycles. The first-order valence-corrected chi connectivity index (χ1v) is 9.40. The number of piperazine rings is 1. The van der Waals surface area contributed by atoms with Crippen LogP contribution in [0.5, 0.6) is 0 Å². The van der Waals surface area contributed by atoms with E-state index in [0.717, 1.165) is 38.3 Å². The number of aromatic nitrogens is 1. The van der Waals surface area contributed by atoms with Gasteiger partial charge in [-0.25, -0.2) is 4.79 Å². The second-order valence-electron chi connectivity index (χ2n) is 6.81. The van der Waals surface area contributed by atoms with E-state index >= 15 is 0 Å². The lowest BCUT2D eigenvalue weighted by Gasteiger charge is -2.34. The summed E-state index contributed by atoms with van der Waals surface area (Å²) < 4.78 is 0. The van der Waals surface area contributed by atoms with Gasteiger partial charge in [0, 0.05) is 43.5 Å². The van der Waals surface area contributed by atoms with Gasteiger partial charge in [-0.2, -0.15) is 0 Å². The number of carbonyl (C=O) groups is 2. The van der Waals surface area contributed by atoms with Gasteiger partial charge in [0.25, 0.3) is 5.91 Å². The number of unbranched alkanes of at least 4 members (excludes halogenated alkanes) is 1. The summed E-state index contributed by atoms with van der Waals surface area (Å²) in [6.07, 6.45) is 3.72. The number of nitrogens with zero attached hydrogens (tertiary/aromatic N) is 3. The van der Waals surface area contributed by atoms with Gasteiger partial charge in [0.15, 0.2) is 0 Å². The Labute approximate surface area is 159 Å². The lowest BCUT2D eigenvalue weighted by molar-refractivity contribution is 0.0634. The van der Waals surface area contributed by atoms with Crippen LogP contribution in [0, 0.1) is 0 Å². The Balaban J connectivity index is 1.68. The Morgan fingerprint density at radius 1 is 1.07 bits per heavy atom. The molecule has 2 heterocycles. The lowest BCUT2D eigenvalue weighted by Crippen LogP contribution is -2.48. The molecule has 0 radical (unpaired) electrons. The van der Waals surface area contributed by atoms with E-state index < -0.39 is 5.97 Å².